The molecule has 2 atom stereocenters. The summed E-state index contributed by atoms with van der Waals surface area (Å²) < 4.78 is 45.8. The second kappa shape index (κ2) is 7.83. The number of nitrogens with zero attached hydrogens (tertiary/aromatic N) is 2. The SMILES string of the molecule is Cl.O=C(NC1COc2ccc(Cl)cc2C1)c1cn2c(n1)CCC(C(F)(F)F)C2. The number of aryl methyl sites for hydroxylation is 1. The van der Waals surface area contributed by atoms with Crippen molar-refractivity contribution in [1.82, 2.24) is 14.9 Å². The normalized spacial score (nSPS) is 21.0. The maximum atomic E-state index is 12.9. The van der Waals surface area contributed by atoms with Crippen molar-refractivity contribution in [1.29, 1.82) is 0 Å². The molecule has 3 heterocycles. The Morgan fingerprint density at radius 2 is 2.14 bits per heavy atom. The van der Waals surface area contributed by atoms with E-state index in [2.05, 4.69) is 10.3 Å². The van der Waals surface area contributed by atoms with Crippen LogP contribution in [0.1, 0.15) is 28.3 Å². The van der Waals surface area contributed by atoms with Crippen LogP contribution in [-0.2, 0) is 19.4 Å². The van der Waals surface area contributed by atoms with Crippen LogP contribution in [0.5, 0.6) is 5.75 Å². The molecule has 2 aliphatic rings. The fourth-order valence-corrected chi connectivity index (χ4v) is 3.73. The Labute approximate surface area is 170 Å². The zero-order valence-electron chi connectivity index (χ0n) is 14.6. The van der Waals surface area contributed by atoms with Crippen molar-refractivity contribution in [2.45, 2.75) is 38.0 Å². The van der Waals surface area contributed by atoms with E-state index in [9.17, 15) is 18.0 Å². The van der Waals surface area contributed by atoms with Gasteiger partial charge in [-0.25, -0.2) is 4.98 Å². The monoisotopic (exact) mass is 435 g/mol. The number of alkyl halides is 3. The van der Waals surface area contributed by atoms with E-state index in [1.807, 2.05) is 0 Å². The molecule has 0 aliphatic carbocycles. The molecule has 1 N–H and O–H groups in total. The van der Waals surface area contributed by atoms with Crippen LogP contribution in [0.15, 0.2) is 24.4 Å². The number of hydrogen-bond acceptors (Lipinski definition) is 3. The molecule has 1 amide bonds. The van der Waals surface area contributed by atoms with E-state index >= 15 is 0 Å². The summed E-state index contributed by atoms with van der Waals surface area (Å²) >= 11 is 5.99. The van der Waals surface area contributed by atoms with Gasteiger partial charge < -0.3 is 14.6 Å². The number of carbonyl (C=O) groups is 1. The van der Waals surface area contributed by atoms with Crippen molar-refractivity contribution in [3.8, 4) is 5.75 Å². The minimum Gasteiger partial charge on any atom is -0.491 e. The molecule has 1 aromatic heterocycles. The lowest BCUT2D eigenvalue weighted by molar-refractivity contribution is -0.182. The number of aromatic nitrogens is 2. The highest BCUT2D eigenvalue weighted by atomic mass is 35.5. The van der Waals surface area contributed by atoms with Crippen molar-refractivity contribution in [3.05, 3.63) is 46.5 Å². The molecule has 4 rings (SSSR count). The lowest BCUT2D eigenvalue weighted by Gasteiger charge is -2.26. The van der Waals surface area contributed by atoms with Gasteiger partial charge in [0, 0.05) is 24.2 Å². The van der Waals surface area contributed by atoms with Crippen LogP contribution in [0.4, 0.5) is 13.2 Å². The van der Waals surface area contributed by atoms with Crippen molar-refractivity contribution >= 4 is 29.9 Å². The van der Waals surface area contributed by atoms with Crippen molar-refractivity contribution in [2.75, 3.05) is 6.61 Å². The van der Waals surface area contributed by atoms with Gasteiger partial charge in [0.1, 0.15) is 23.9 Å². The van der Waals surface area contributed by atoms with Crippen LogP contribution in [0.3, 0.4) is 0 Å². The summed E-state index contributed by atoms with van der Waals surface area (Å²) in [5.41, 5.74) is 1.03. The van der Waals surface area contributed by atoms with Crippen molar-refractivity contribution < 1.29 is 22.7 Å². The van der Waals surface area contributed by atoms with E-state index in [1.165, 1.54) is 10.8 Å². The van der Waals surface area contributed by atoms with Gasteiger partial charge in [0.25, 0.3) is 5.91 Å². The average molecular weight is 436 g/mol. The number of imidazole rings is 1. The maximum Gasteiger partial charge on any atom is 0.393 e. The number of benzene rings is 1. The quantitative estimate of drug-likeness (QED) is 0.779. The van der Waals surface area contributed by atoms with Crippen LogP contribution in [-0.4, -0.2) is 34.3 Å². The Morgan fingerprint density at radius 3 is 2.89 bits per heavy atom. The Hall–Kier alpha value is -1.93. The lowest BCUT2D eigenvalue weighted by Crippen LogP contribution is -2.42. The minimum atomic E-state index is -4.24. The largest absolute Gasteiger partial charge is 0.491 e. The van der Waals surface area contributed by atoms with Gasteiger partial charge in [-0.15, -0.1) is 12.4 Å². The molecule has 0 saturated heterocycles. The van der Waals surface area contributed by atoms with E-state index in [0.717, 1.165) is 11.3 Å². The number of carbonyl (C=O) groups excluding carboxylic acids is 1. The number of amides is 1. The van der Waals surface area contributed by atoms with Crippen LogP contribution < -0.4 is 10.1 Å². The molecule has 2 unspecified atom stereocenters. The number of rotatable bonds is 2. The van der Waals surface area contributed by atoms with Crippen LogP contribution in [0.2, 0.25) is 5.02 Å². The molecule has 0 spiro atoms. The molecular weight excluding hydrogens is 418 g/mol. The molecule has 1 aromatic carbocycles. The zero-order chi connectivity index (χ0) is 19.2. The zero-order valence-corrected chi connectivity index (χ0v) is 16.2. The smallest absolute Gasteiger partial charge is 0.393 e. The molecule has 0 saturated carbocycles. The summed E-state index contributed by atoms with van der Waals surface area (Å²) in [5.74, 6) is -0.569. The summed E-state index contributed by atoms with van der Waals surface area (Å²) in [4.78, 5) is 16.7. The first-order chi connectivity index (χ1) is 12.8. The van der Waals surface area contributed by atoms with Crippen LogP contribution in [0.25, 0.3) is 0 Å². The molecule has 2 aliphatic heterocycles. The number of nitrogens with one attached hydrogen (secondary N) is 1. The number of hydrogen-bond donors (Lipinski definition) is 1. The predicted octanol–water partition coefficient (Wildman–Crippen LogP) is 3.82. The van der Waals surface area contributed by atoms with E-state index in [4.69, 9.17) is 16.3 Å². The highest BCUT2D eigenvalue weighted by Crippen LogP contribution is 2.34. The Kier molecular flexibility index (Phi) is 5.82. The predicted molar refractivity (Wildman–Crippen MR) is 99.2 cm³/mol. The second-order valence-corrected chi connectivity index (χ2v) is 7.35. The summed E-state index contributed by atoms with van der Waals surface area (Å²) in [7, 11) is 0. The molecular formula is C18H18Cl2F3N3O2. The Bertz CT molecular complexity index is 885. The van der Waals surface area contributed by atoms with Crippen LogP contribution >= 0.6 is 24.0 Å². The fraction of sp³-hybridized carbons (Fsp3) is 0.444. The lowest BCUT2D eigenvalue weighted by atomic mass is 9.99. The van der Waals surface area contributed by atoms with Gasteiger partial charge >= 0.3 is 6.18 Å². The van der Waals surface area contributed by atoms with Gasteiger partial charge in [0.05, 0.1) is 12.0 Å². The molecule has 28 heavy (non-hydrogen) atoms. The first kappa shape index (κ1) is 20.8. The Balaban J connectivity index is 0.00000225. The third-order valence-electron chi connectivity index (χ3n) is 4.95. The number of fused-ring (bicyclic) bond motifs is 2. The van der Waals surface area contributed by atoms with E-state index in [0.29, 0.717) is 23.9 Å². The van der Waals surface area contributed by atoms with E-state index < -0.39 is 18.0 Å². The van der Waals surface area contributed by atoms with Gasteiger partial charge in [0.2, 0.25) is 0 Å². The summed E-state index contributed by atoms with van der Waals surface area (Å²) in [6.07, 6.45) is -2.08. The maximum absolute atomic E-state index is 12.9. The summed E-state index contributed by atoms with van der Waals surface area (Å²) in [6, 6.07) is 5.06. The van der Waals surface area contributed by atoms with E-state index in [1.54, 1.807) is 18.2 Å². The average Bonchev–Trinajstić information content (AvgIpc) is 3.04. The van der Waals surface area contributed by atoms with Gasteiger partial charge in [-0.05, 0) is 36.6 Å². The Morgan fingerprint density at radius 1 is 1.36 bits per heavy atom. The van der Waals surface area contributed by atoms with Gasteiger partial charge in [-0.3, -0.25) is 4.79 Å². The molecule has 2 aromatic rings. The molecule has 5 nitrogen and oxygen atoms in total. The van der Waals surface area contributed by atoms with E-state index in [-0.39, 0.29) is 43.5 Å². The van der Waals surface area contributed by atoms with Gasteiger partial charge in [-0.2, -0.15) is 13.2 Å². The number of ether oxygens (including phenoxy) is 1. The highest BCUT2D eigenvalue weighted by molar-refractivity contribution is 6.30. The van der Waals surface area contributed by atoms with Crippen molar-refractivity contribution in [3.63, 3.8) is 0 Å². The minimum absolute atomic E-state index is 0. The van der Waals surface area contributed by atoms with Gasteiger partial charge in [0.15, 0.2) is 0 Å². The summed E-state index contributed by atoms with van der Waals surface area (Å²) in [6.45, 7) is 0.113. The summed E-state index contributed by atoms with van der Waals surface area (Å²) in [5, 5.41) is 3.43. The van der Waals surface area contributed by atoms with Crippen molar-refractivity contribution in [2.24, 2.45) is 5.92 Å². The molecule has 0 radical (unpaired) electrons. The van der Waals surface area contributed by atoms with Gasteiger partial charge in [-0.1, -0.05) is 11.6 Å². The van der Waals surface area contributed by atoms with Crippen LogP contribution in [0, 0.1) is 5.92 Å². The molecule has 10 heteroatoms. The third-order valence-corrected chi connectivity index (χ3v) is 5.19. The standard InChI is InChI=1S/C18H17ClF3N3O2.ClH/c19-12-2-3-15-10(5-12)6-13(9-27-15)23-17(26)14-8-25-7-11(18(20,21)22)1-4-16(25)24-14;/h2-3,5,8,11,13H,1,4,6-7,9H2,(H,23,26);1H. The first-order valence-corrected chi connectivity index (χ1v) is 9.02. The topological polar surface area (TPSA) is 56.1 Å². The molecule has 152 valence electrons. The second-order valence-electron chi connectivity index (χ2n) is 6.91. The first-order valence-electron chi connectivity index (χ1n) is 8.64. The molecule has 0 bridgehead atoms. The molecule has 0 fully saturated rings. The highest BCUT2D eigenvalue weighted by Gasteiger charge is 2.41. The third kappa shape index (κ3) is 4.22. The number of halogens is 5. The fourth-order valence-electron chi connectivity index (χ4n) is 3.54.